The van der Waals surface area contributed by atoms with E-state index in [0.29, 0.717) is 36.3 Å². The lowest BCUT2D eigenvalue weighted by Gasteiger charge is -2.39. The third-order valence-electron chi connectivity index (χ3n) is 4.09. The van der Waals surface area contributed by atoms with Crippen LogP contribution in [0.2, 0.25) is 0 Å². The van der Waals surface area contributed by atoms with Gasteiger partial charge in [-0.2, -0.15) is 10.4 Å². The monoisotopic (exact) mass is 356 g/mol. The smallest absolute Gasteiger partial charge is 0.410 e. The number of carbonyl (C=O) groups is 1. The van der Waals surface area contributed by atoms with Crippen LogP contribution in [0.25, 0.3) is 11.1 Å². The number of aromatic nitrogens is 2. The van der Waals surface area contributed by atoms with Crippen LogP contribution in [0.5, 0.6) is 0 Å². The van der Waals surface area contributed by atoms with E-state index in [1.54, 1.807) is 22.0 Å². The quantitative estimate of drug-likeness (QED) is 0.845. The zero-order valence-electron chi connectivity index (χ0n) is 15.1. The largest absolute Gasteiger partial charge is 0.444 e. The molecule has 0 bridgehead atoms. The van der Waals surface area contributed by atoms with Gasteiger partial charge in [0.15, 0.2) is 0 Å². The lowest BCUT2D eigenvalue weighted by Crippen LogP contribution is -2.52. The van der Waals surface area contributed by atoms with Gasteiger partial charge in [-0.1, -0.05) is 0 Å². The van der Waals surface area contributed by atoms with Gasteiger partial charge >= 0.3 is 6.09 Å². The average molecular weight is 356 g/mol. The van der Waals surface area contributed by atoms with Crippen LogP contribution < -0.4 is 0 Å². The van der Waals surface area contributed by atoms with Crippen molar-refractivity contribution >= 4 is 6.09 Å². The zero-order valence-corrected chi connectivity index (χ0v) is 15.1. The van der Waals surface area contributed by atoms with Gasteiger partial charge in [-0.15, -0.1) is 0 Å². The Hall–Kier alpha value is -2.88. The molecule has 1 aliphatic rings. The van der Waals surface area contributed by atoms with Crippen LogP contribution in [-0.2, 0) is 11.3 Å². The third-order valence-corrected chi connectivity index (χ3v) is 4.09. The topological polar surface area (TPSA) is 71.2 Å². The molecule has 1 aromatic carbocycles. The first kappa shape index (κ1) is 17.9. The molecule has 1 amide bonds. The van der Waals surface area contributed by atoms with Gasteiger partial charge < -0.3 is 9.64 Å². The molecule has 2 aromatic rings. The van der Waals surface area contributed by atoms with Crippen LogP contribution >= 0.6 is 0 Å². The molecule has 1 aliphatic heterocycles. The summed E-state index contributed by atoms with van der Waals surface area (Å²) in [4.78, 5) is 13.6. The van der Waals surface area contributed by atoms with E-state index in [1.165, 1.54) is 18.2 Å². The molecule has 136 valence electrons. The second-order valence-electron chi connectivity index (χ2n) is 7.51. The second kappa shape index (κ2) is 6.79. The maximum absolute atomic E-state index is 14.0. The van der Waals surface area contributed by atoms with Crippen molar-refractivity contribution in [3.8, 4) is 17.2 Å². The highest BCUT2D eigenvalue weighted by Gasteiger charge is 2.33. The molecule has 7 heteroatoms. The van der Waals surface area contributed by atoms with Crippen molar-refractivity contribution in [2.45, 2.75) is 32.9 Å². The van der Waals surface area contributed by atoms with Gasteiger partial charge in [0.25, 0.3) is 0 Å². The molecule has 1 aromatic heterocycles. The molecule has 0 spiro atoms. The van der Waals surface area contributed by atoms with Crippen molar-refractivity contribution in [2.75, 3.05) is 13.1 Å². The standard InChI is InChI=1S/C19H21FN4O2/c1-19(2,3)26-18(25)23-9-14(10-23)11-24-12-15(8-22-24)16-6-13(7-21)4-5-17(16)20/h4-6,8,12,14H,9-11H2,1-3H3. The van der Waals surface area contributed by atoms with Crippen molar-refractivity contribution in [3.05, 3.63) is 42.0 Å². The van der Waals surface area contributed by atoms with Gasteiger partial charge in [-0.05, 0) is 39.0 Å². The SMILES string of the molecule is CC(C)(C)OC(=O)N1CC(Cn2cc(-c3cc(C#N)ccc3F)cn2)C1. The maximum Gasteiger partial charge on any atom is 0.410 e. The van der Waals surface area contributed by atoms with E-state index in [9.17, 15) is 9.18 Å². The van der Waals surface area contributed by atoms with Gasteiger partial charge in [0, 0.05) is 42.9 Å². The normalized spacial score (nSPS) is 14.7. The van der Waals surface area contributed by atoms with Crippen molar-refractivity contribution in [1.29, 1.82) is 5.26 Å². The van der Waals surface area contributed by atoms with E-state index in [-0.39, 0.29) is 17.8 Å². The molecule has 0 N–H and O–H groups in total. The number of benzene rings is 1. The molecule has 2 heterocycles. The summed E-state index contributed by atoms with van der Waals surface area (Å²) in [6.07, 6.45) is 3.05. The Bertz CT molecular complexity index is 857. The van der Waals surface area contributed by atoms with Crippen molar-refractivity contribution in [1.82, 2.24) is 14.7 Å². The Morgan fingerprint density at radius 3 is 2.81 bits per heavy atom. The van der Waals surface area contributed by atoms with Crippen molar-refractivity contribution < 1.29 is 13.9 Å². The number of nitrogens with zero attached hydrogens (tertiary/aromatic N) is 4. The summed E-state index contributed by atoms with van der Waals surface area (Å²) in [5.74, 6) is -0.103. The molecular weight excluding hydrogens is 335 g/mol. The first-order chi connectivity index (χ1) is 12.2. The molecule has 26 heavy (non-hydrogen) atoms. The highest BCUT2D eigenvalue weighted by atomic mass is 19.1. The molecular formula is C19H21FN4O2. The number of halogens is 1. The second-order valence-corrected chi connectivity index (χ2v) is 7.51. The molecule has 6 nitrogen and oxygen atoms in total. The highest BCUT2D eigenvalue weighted by molar-refractivity contribution is 5.69. The molecule has 1 fully saturated rings. The number of likely N-dealkylation sites (tertiary alicyclic amines) is 1. The first-order valence-electron chi connectivity index (χ1n) is 8.45. The maximum atomic E-state index is 14.0. The van der Waals surface area contributed by atoms with Gasteiger partial charge in [0.1, 0.15) is 11.4 Å². The molecule has 0 radical (unpaired) electrons. The fourth-order valence-corrected chi connectivity index (χ4v) is 2.84. The third kappa shape index (κ3) is 4.02. The lowest BCUT2D eigenvalue weighted by atomic mass is 10.0. The summed E-state index contributed by atoms with van der Waals surface area (Å²) in [6.45, 7) is 7.39. The molecule has 0 saturated carbocycles. The molecule has 0 unspecified atom stereocenters. The Kier molecular flexibility index (Phi) is 4.68. The molecule has 0 aliphatic carbocycles. The fraction of sp³-hybridized carbons (Fsp3) is 0.421. The van der Waals surface area contributed by atoms with Gasteiger partial charge in [0.2, 0.25) is 0 Å². The zero-order chi connectivity index (χ0) is 18.9. The number of amides is 1. The number of ether oxygens (including phenoxy) is 1. The van der Waals surface area contributed by atoms with Crippen molar-refractivity contribution in [2.24, 2.45) is 5.92 Å². The summed E-state index contributed by atoms with van der Waals surface area (Å²) in [7, 11) is 0. The molecule has 0 atom stereocenters. The average Bonchev–Trinajstić information content (AvgIpc) is 2.97. The Morgan fingerprint density at radius 2 is 2.15 bits per heavy atom. The van der Waals surface area contributed by atoms with E-state index in [2.05, 4.69) is 5.10 Å². The number of hydrogen-bond donors (Lipinski definition) is 0. The van der Waals surface area contributed by atoms with E-state index in [1.807, 2.05) is 26.8 Å². The van der Waals surface area contributed by atoms with Crippen LogP contribution in [0.1, 0.15) is 26.3 Å². The first-order valence-corrected chi connectivity index (χ1v) is 8.45. The lowest BCUT2D eigenvalue weighted by molar-refractivity contribution is -0.00383. The van der Waals surface area contributed by atoms with Gasteiger partial charge in [-0.25, -0.2) is 9.18 Å². The molecule has 1 saturated heterocycles. The predicted molar refractivity (Wildman–Crippen MR) is 93.6 cm³/mol. The van der Waals surface area contributed by atoms with Gasteiger partial charge in [0.05, 0.1) is 17.8 Å². The van der Waals surface area contributed by atoms with Crippen LogP contribution in [0.15, 0.2) is 30.6 Å². The van der Waals surface area contributed by atoms with Crippen LogP contribution in [0.3, 0.4) is 0 Å². The van der Waals surface area contributed by atoms with E-state index < -0.39 is 5.60 Å². The number of nitriles is 1. The van der Waals surface area contributed by atoms with Crippen LogP contribution in [-0.4, -0.2) is 39.5 Å². The summed E-state index contributed by atoms with van der Waals surface area (Å²) >= 11 is 0. The van der Waals surface area contributed by atoms with E-state index >= 15 is 0 Å². The van der Waals surface area contributed by atoms with Crippen LogP contribution in [0.4, 0.5) is 9.18 Å². The van der Waals surface area contributed by atoms with Crippen LogP contribution in [0, 0.1) is 23.1 Å². The van der Waals surface area contributed by atoms with Gasteiger partial charge in [-0.3, -0.25) is 4.68 Å². The summed E-state index contributed by atoms with van der Waals surface area (Å²) < 4.78 is 21.1. The number of rotatable bonds is 3. The summed E-state index contributed by atoms with van der Waals surface area (Å²) in [5, 5.41) is 13.2. The van der Waals surface area contributed by atoms with Crippen molar-refractivity contribution in [3.63, 3.8) is 0 Å². The summed E-state index contributed by atoms with van der Waals surface area (Å²) in [5.41, 5.74) is 0.893. The van der Waals surface area contributed by atoms with E-state index in [4.69, 9.17) is 10.00 Å². The Balaban J connectivity index is 1.59. The minimum atomic E-state index is -0.499. The van der Waals surface area contributed by atoms with E-state index in [0.717, 1.165) is 0 Å². The number of hydrogen-bond acceptors (Lipinski definition) is 4. The molecule has 3 rings (SSSR count). The minimum Gasteiger partial charge on any atom is -0.444 e. The minimum absolute atomic E-state index is 0.283. The number of carbonyl (C=O) groups excluding carboxylic acids is 1. The highest BCUT2D eigenvalue weighted by Crippen LogP contribution is 2.25. The fourth-order valence-electron chi connectivity index (χ4n) is 2.84. The predicted octanol–water partition coefficient (Wildman–Crippen LogP) is 3.43. The Labute approximate surface area is 151 Å². The Morgan fingerprint density at radius 1 is 1.42 bits per heavy atom. The summed E-state index contributed by atoms with van der Waals surface area (Å²) in [6, 6.07) is 6.26.